The van der Waals surface area contributed by atoms with Gasteiger partial charge in [0.25, 0.3) is 5.91 Å². The van der Waals surface area contributed by atoms with Gasteiger partial charge in [-0.1, -0.05) is 48.0 Å². The summed E-state index contributed by atoms with van der Waals surface area (Å²) in [4.78, 5) is 12.1. The molecule has 7 heteroatoms. The summed E-state index contributed by atoms with van der Waals surface area (Å²) in [6.45, 7) is 3.72. The third-order valence-corrected chi connectivity index (χ3v) is 3.92. The zero-order valence-corrected chi connectivity index (χ0v) is 15.6. The molecule has 0 saturated heterocycles. The van der Waals surface area contributed by atoms with Gasteiger partial charge in [0, 0.05) is 5.02 Å². The van der Waals surface area contributed by atoms with Crippen molar-refractivity contribution < 1.29 is 14.3 Å². The van der Waals surface area contributed by atoms with Gasteiger partial charge in [-0.2, -0.15) is 0 Å². The molecule has 0 fully saturated rings. The molecule has 0 atom stereocenters. The molecule has 4 nitrogen and oxygen atoms in total. The van der Waals surface area contributed by atoms with Crippen molar-refractivity contribution in [1.29, 1.82) is 0 Å². The highest BCUT2D eigenvalue weighted by molar-refractivity contribution is 9.10. The largest absolute Gasteiger partial charge is 0.487 e. The maximum atomic E-state index is 12.1. The van der Waals surface area contributed by atoms with Gasteiger partial charge in [-0.15, -0.1) is 0 Å². The third-order valence-electron chi connectivity index (χ3n) is 2.83. The van der Waals surface area contributed by atoms with Crippen molar-refractivity contribution >= 4 is 50.7 Å². The minimum Gasteiger partial charge on any atom is -0.487 e. The van der Waals surface area contributed by atoms with Crippen LogP contribution in [0.2, 0.25) is 10.0 Å². The van der Waals surface area contributed by atoms with E-state index in [1.165, 1.54) is 0 Å². The van der Waals surface area contributed by atoms with Crippen LogP contribution in [0.3, 0.4) is 0 Å². The van der Waals surface area contributed by atoms with E-state index in [2.05, 4.69) is 27.8 Å². The highest BCUT2D eigenvalue weighted by Crippen LogP contribution is 2.36. The Morgan fingerprint density at radius 3 is 2.71 bits per heavy atom. The molecule has 0 aromatic heterocycles. The maximum absolute atomic E-state index is 12.1. The van der Waals surface area contributed by atoms with Crippen molar-refractivity contribution in [2.45, 2.75) is 0 Å². The van der Waals surface area contributed by atoms with Crippen LogP contribution >= 0.6 is 39.1 Å². The molecule has 0 spiro atoms. The Labute approximate surface area is 158 Å². The fraction of sp³-hybridized carbons (Fsp3) is 0.118. The minimum atomic E-state index is -0.345. The smallest absolute Gasteiger partial charge is 0.262 e. The molecule has 0 aliphatic carbocycles. The summed E-state index contributed by atoms with van der Waals surface area (Å²) < 4.78 is 11.5. The van der Waals surface area contributed by atoms with Gasteiger partial charge in [-0.05, 0) is 40.2 Å². The Bertz CT molecular complexity index is 729. The van der Waals surface area contributed by atoms with Crippen LogP contribution in [0.15, 0.2) is 53.5 Å². The first-order valence-corrected chi connectivity index (χ1v) is 8.46. The highest BCUT2D eigenvalue weighted by atomic mass is 79.9. The standard InChI is InChI=1S/C17H14BrCl2NO3/c1-2-7-23-15-6-4-3-5-14(15)21-16(22)10-24-17-12(18)8-11(19)9-13(17)20/h2-6,8-9H,1,7,10H2,(H,21,22). The second-order valence-corrected chi connectivity index (χ2v) is 6.33. The lowest BCUT2D eigenvalue weighted by Gasteiger charge is -2.13. The molecule has 2 aromatic rings. The molecule has 0 unspecified atom stereocenters. The average molecular weight is 431 g/mol. The molecule has 126 valence electrons. The predicted molar refractivity (Wildman–Crippen MR) is 100 cm³/mol. The number of ether oxygens (including phenoxy) is 2. The lowest BCUT2D eigenvalue weighted by atomic mass is 10.3. The van der Waals surface area contributed by atoms with Gasteiger partial charge >= 0.3 is 0 Å². The molecule has 1 N–H and O–H groups in total. The molecular formula is C17H14BrCl2NO3. The van der Waals surface area contributed by atoms with Crippen LogP contribution in [-0.4, -0.2) is 19.1 Å². The molecule has 0 heterocycles. The Kier molecular flexibility index (Phi) is 6.97. The predicted octanol–water partition coefficient (Wildman–Crippen LogP) is 5.34. The summed E-state index contributed by atoms with van der Waals surface area (Å²) in [5.74, 6) is 0.562. The van der Waals surface area contributed by atoms with Crippen LogP contribution in [0, 0.1) is 0 Å². The fourth-order valence-corrected chi connectivity index (χ4v) is 3.20. The Morgan fingerprint density at radius 1 is 1.25 bits per heavy atom. The van der Waals surface area contributed by atoms with Gasteiger partial charge in [0.2, 0.25) is 0 Å². The maximum Gasteiger partial charge on any atom is 0.262 e. The van der Waals surface area contributed by atoms with Crippen LogP contribution in [-0.2, 0) is 4.79 Å². The number of amides is 1. The summed E-state index contributed by atoms with van der Waals surface area (Å²) in [5, 5.41) is 3.52. The van der Waals surface area contributed by atoms with E-state index < -0.39 is 0 Å². The van der Waals surface area contributed by atoms with Crippen LogP contribution in [0.4, 0.5) is 5.69 Å². The molecule has 2 aromatic carbocycles. The number of hydrogen-bond acceptors (Lipinski definition) is 3. The van der Waals surface area contributed by atoms with Gasteiger partial charge in [0.1, 0.15) is 12.4 Å². The Morgan fingerprint density at radius 2 is 2.00 bits per heavy atom. The molecule has 24 heavy (non-hydrogen) atoms. The van der Waals surface area contributed by atoms with Gasteiger partial charge < -0.3 is 14.8 Å². The number of nitrogens with one attached hydrogen (secondary N) is 1. The number of rotatable bonds is 7. The second-order valence-electron chi connectivity index (χ2n) is 4.63. The SMILES string of the molecule is C=CCOc1ccccc1NC(=O)COc1c(Cl)cc(Cl)cc1Br. The lowest BCUT2D eigenvalue weighted by molar-refractivity contribution is -0.118. The zero-order valence-electron chi connectivity index (χ0n) is 12.5. The number of carbonyl (C=O) groups excluding carboxylic acids is 1. The van der Waals surface area contributed by atoms with E-state index in [1.807, 2.05) is 6.07 Å². The molecule has 0 aliphatic rings. The first-order valence-electron chi connectivity index (χ1n) is 6.91. The number of benzene rings is 2. The van der Waals surface area contributed by atoms with E-state index in [4.69, 9.17) is 32.7 Å². The molecule has 0 saturated carbocycles. The van der Waals surface area contributed by atoms with E-state index in [1.54, 1.807) is 36.4 Å². The van der Waals surface area contributed by atoms with Gasteiger partial charge in [-0.3, -0.25) is 4.79 Å². The molecule has 0 aliphatic heterocycles. The highest BCUT2D eigenvalue weighted by Gasteiger charge is 2.12. The van der Waals surface area contributed by atoms with E-state index in [0.29, 0.717) is 38.3 Å². The van der Waals surface area contributed by atoms with Crippen LogP contribution in [0.1, 0.15) is 0 Å². The topological polar surface area (TPSA) is 47.6 Å². The van der Waals surface area contributed by atoms with Crippen molar-refractivity contribution in [1.82, 2.24) is 0 Å². The molecule has 1 amide bonds. The van der Waals surface area contributed by atoms with Crippen molar-refractivity contribution in [3.8, 4) is 11.5 Å². The van der Waals surface area contributed by atoms with Gasteiger partial charge in [0.05, 0.1) is 15.2 Å². The molecule has 2 rings (SSSR count). The number of para-hydroxylation sites is 2. The third kappa shape index (κ3) is 5.16. The minimum absolute atomic E-state index is 0.213. The Balaban J connectivity index is 2.01. The number of anilines is 1. The van der Waals surface area contributed by atoms with Crippen molar-refractivity contribution in [2.24, 2.45) is 0 Å². The normalized spacial score (nSPS) is 10.1. The molecular weight excluding hydrogens is 417 g/mol. The van der Waals surface area contributed by atoms with Gasteiger partial charge in [0.15, 0.2) is 12.4 Å². The average Bonchev–Trinajstić information content (AvgIpc) is 2.53. The first kappa shape index (κ1) is 18.6. The van der Waals surface area contributed by atoms with Crippen LogP contribution in [0.25, 0.3) is 0 Å². The molecule has 0 bridgehead atoms. The second kappa shape index (κ2) is 8.97. The summed E-state index contributed by atoms with van der Waals surface area (Å²) in [5.41, 5.74) is 0.550. The zero-order chi connectivity index (χ0) is 17.5. The van der Waals surface area contributed by atoms with Crippen molar-refractivity contribution in [3.05, 3.63) is 63.6 Å². The van der Waals surface area contributed by atoms with Gasteiger partial charge in [-0.25, -0.2) is 0 Å². The Hall–Kier alpha value is -1.69. The number of hydrogen-bond donors (Lipinski definition) is 1. The summed E-state index contributed by atoms with van der Waals surface area (Å²) >= 11 is 15.2. The van der Waals surface area contributed by atoms with E-state index in [9.17, 15) is 4.79 Å². The quantitative estimate of drug-likeness (QED) is 0.603. The molecule has 0 radical (unpaired) electrons. The fourth-order valence-electron chi connectivity index (χ4n) is 1.84. The first-order chi connectivity index (χ1) is 11.5. The van der Waals surface area contributed by atoms with E-state index >= 15 is 0 Å². The van der Waals surface area contributed by atoms with Crippen molar-refractivity contribution in [3.63, 3.8) is 0 Å². The van der Waals surface area contributed by atoms with Crippen LogP contribution < -0.4 is 14.8 Å². The summed E-state index contributed by atoms with van der Waals surface area (Å²) in [7, 11) is 0. The van der Waals surface area contributed by atoms with E-state index in [-0.39, 0.29) is 12.5 Å². The monoisotopic (exact) mass is 429 g/mol. The summed E-state index contributed by atoms with van der Waals surface area (Å²) in [6, 6.07) is 10.3. The number of halogens is 3. The van der Waals surface area contributed by atoms with E-state index in [0.717, 1.165) is 0 Å². The van der Waals surface area contributed by atoms with Crippen LogP contribution in [0.5, 0.6) is 11.5 Å². The number of carbonyl (C=O) groups is 1. The lowest BCUT2D eigenvalue weighted by Crippen LogP contribution is -2.20. The van der Waals surface area contributed by atoms with Crippen molar-refractivity contribution in [2.75, 3.05) is 18.5 Å². The summed E-state index contributed by atoms with van der Waals surface area (Å²) in [6.07, 6.45) is 1.63.